The number of unbranched alkanes of at least 4 members (excludes halogenated alkanes) is 18. The second kappa shape index (κ2) is 21.4. The molecule has 1 heterocycles. The van der Waals surface area contributed by atoms with Gasteiger partial charge in [0, 0.05) is 6.42 Å². The summed E-state index contributed by atoms with van der Waals surface area (Å²) in [6, 6.07) is -1.10. The minimum Gasteiger partial charge on any atom is -0.394 e. The van der Waals surface area contributed by atoms with Crippen molar-refractivity contribution >= 4 is 5.91 Å². The number of carbonyl (C=O) groups excluding carboxylic acids is 1. The number of rotatable bonds is 22. The van der Waals surface area contributed by atoms with Crippen LogP contribution < -0.4 is 5.32 Å². The third-order valence-corrected chi connectivity index (χ3v) is 7.24. The molecule has 0 radical (unpaired) electrons. The lowest BCUT2D eigenvalue weighted by Gasteiger charge is -2.40. The molecule has 1 fully saturated rings. The molecule has 1 saturated heterocycles. The van der Waals surface area contributed by atoms with E-state index in [1.165, 1.54) is 103 Å². The Labute approximate surface area is 214 Å². The van der Waals surface area contributed by atoms with E-state index in [-0.39, 0.29) is 5.91 Å². The van der Waals surface area contributed by atoms with Crippen LogP contribution in [-0.2, 0) is 9.53 Å². The standard InChI is InChI=1S/C28H55NO6/c1-2-3-4-5-6-7-8-9-10-11-12-13-14-15-16-17-18-19-20-21-24(31)29-25-27(33)26(32)23(22-30)35-28(25)34/h23,25-28,30,32-34H,2-22H2,1H3,(H,29,31)/t23-,25-,26-,27-,28?/m1/s1. The van der Waals surface area contributed by atoms with Crippen molar-refractivity contribution in [2.24, 2.45) is 0 Å². The van der Waals surface area contributed by atoms with Gasteiger partial charge in [-0.3, -0.25) is 4.79 Å². The fourth-order valence-electron chi connectivity index (χ4n) is 4.88. The molecule has 208 valence electrons. The van der Waals surface area contributed by atoms with E-state index in [0.717, 1.165) is 19.3 Å². The Bertz CT molecular complexity index is 506. The summed E-state index contributed by atoms with van der Waals surface area (Å²) in [4.78, 5) is 12.1. The van der Waals surface area contributed by atoms with E-state index in [9.17, 15) is 20.1 Å². The summed E-state index contributed by atoms with van der Waals surface area (Å²) in [5, 5.41) is 41.5. The molecule has 0 aromatic carbocycles. The van der Waals surface area contributed by atoms with E-state index in [2.05, 4.69) is 12.2 Å². The fourth-order valence-corrected chi connectivity index (χ4v) is 4.88. The van der Waals surface area contributed by atoms with Crippen LogP contribution in [0.3, 0.4) is 0 Å². The molecule has 5 atom stereocenters. The van der Waals surface area contributed by atoms with Crippen LogP contribution in [0, 0.1) is 0 Å². The number of ether oxygens (including phenoxy) is 1. The molecule has 0 aliphatic carbocycles. The number of aliphatic hydroxyl groups excluding tert-OH is 4. The van der Waals surface area contributed by atoms with Gasteiger partial charge in [-0.15, -0.1) is 0 Å². The lowest BCUT2D eigenvalue weighted by molar-refractivity contribution is -0.253. The van der Waals surface area contributed by atoms with Gasteiger partial charge in [0.05, 0.1) is 6.61 Å². The van der Waals surface area contributed by atoms with Gasteiger partial charge in [-0.05, 0) is 6.42 Å². The Morgan fingerprint density at radius 1 is 0.657 bits per heavy atom. The highest BCUT2D eigenvalue weighted by Gasteiger charge is 2.44. The molecule has 35 heavy (non-hydrogen) atoms. The predicted molar refractivity (Wildman–Crippen MR) is 140 cm³/mol. The first kappa shape index (κ1) is 32.3. The third kappa shape index (κ3) is 15.2. The molecule has 1 aliphatic heterocycles. The largest absolute Gasteiger partial charge is 0.394 e. The van der Waals surface area contributed by atoms with Crippen molar-refractivity contribution in [1.82, 2.24) is 5.32 Å². The lowest BCUT2D eigenvalue weighted by atomic mass is 9.97. The zero-order valence-electron chi connectivity index (χ0n) is 22.3. The van der Waals surface area contributed by atoms with Gasteiger partial charge in [-0.1, -0.05) is 122 Å². The third-order valence-electron chi connectivity index (χ3n) is 7.24. The predicted octanol–water partition coefficient (Wildman–Crippen LogP) is 4.72. The molecular formula is C28H55NO6. The molecule has 0 saturated carbocycles. The van der Waals surface area contributed by atoms with Crippen molar-refractivity contribution in [3.8, 4) is 0 Å². The summed E-state index contributed by atoms with van der Waals surface area (Å²) in [6.45, 7) is 1.75. The van der Waals surface area contributed by atoms with Gasteiger partial charge in [0.2, 0.25) is 5.91 Å². The average molecular weight is 502 g/mol. The van der Waals surface area contributed by atoms with Crippen LogP contribution >= 0.6 is 0 Å². The maximum Gasteiger partial charge on any atom is 0.220 e. The molecule has 1 rings (SSSR count). The van der Waals surface area contributed by atoms with E-state index < -0.39 is 37.3 Å². The van der Waals surface area contributed by atoms with Gasteiger partial charge >= 0.3 is 0 Å². The molecule has 7 nitrogen and oxygen atoms in total. The minimum absolute atomic E-state index is 0.279. The van der Waals surface area contributed by atoms with Gasteiger partial charge in [0.15, 0.2) is 6.29 Å². The second-order valence-corrected chi connectivity index (χ2v) is 10.4. The van der Waals surface area contributed by atoms with Crippen molar-refractivity contribution in [3.63, 3.8) is 0 Å². The van der Waals surface area contributed by atoms with Crippen LogP contribution in [0.4, 0.5) is 0 Å². The normalized spacial score (nSPS) is 24.5. The smallest absolute Gasteiger partial charge is 0.220 e. The molecule has 1 aliphatic rings. The summed E-state index contributed by atoms with van der Waals surface area (Å²) < 4.78 is 5.06. The number of hydrogen-bond donors (Lipinski definition) is 5. The number of carbonyl (C=O) groups is 1. The summed E-state index contributed by atoms with van der Waals surface area (Å²) in [6.07, 6.45) is 19.7. The van der Waals surface area contributed by atoms with Crippen molar-refractivity contribution < 1.29 is 30.0 Å². The molecule has 0 aromatic heterocycles. The Kier molecular flexibility index (Phi) is 19.7. The van der Waals surface area contributed by atoms with E-state index in [1.54, 1.807) is 0 Å². The Morgan fingerprint density at radius 2 is 1.06 bits per heavy atom. The van der Waals surface area contributed by atoms with Crippen molar-refractivity contribution in [1.29, 1.82) is 0 Å². The lowest BCUT2D eigenvalue weighted by Crippen LogP contribution is -2.64. The zero-order valence-corrected chi connectivity index (χ0v) is 22.3. The SMILES string of the molecule is CCCCCCCCCCCCCCCCCCCCCC(=O)N[C@H]1C(O)O[C@H](CO)[C@@H](O)[C@@H]1O. The molecule has 0 bridgehead atoms. The molecule has 0 spiro atoms. The maximum atomic E-state index is 12.1. The number of hydrogen-bond acceptors (Lipinski definition) is 6. The number of nitrogens with one attached hydrogen (secondary N) is 1. The topological polar surface area (TPSA) is 119 Å². The summed E-state index contributed by atoms with van der Waals surface area (Å²) in [5.41, 5.74) is 0. The first-order valence-electron chi connectivity index (χ1n) is 14.6. The number of amides is 1. The highest BCUT2D eigenvalue weighted by atomic mass is 16.6. The van der Waals surface area contributed by atoms with Crippen LogP contribution in [0.2, 0.25) is 0 Å². The molecule has 7 heteroatoms. The second-order valence-electron chi connectivity index (χ2n) is 10.4. The van der Waals surface area contributed by atoms with Gasteiger partial charge in [-0.25, -0.2) is 0 Å². The van der Waals surface area contributed by atoms with Crippen LogP contribution in [0.5, 0.6) is 0 Å². The Balaban J connectivity index is 1.86. The van der Waals surface area contributed by atoms with Gasteiger partial charge in [0.1, 0.15) is 24.4 Å². The van der Waals surface area contributed by atoms with E-state index in [0.29, 0.717) is 6.42 Å². The monoisotopic (exact) mass is 501 g/mol. The molecule has 1 unspecified atom stereocenters. The van der Waals surface area contributed by atoms with Crippen molar-refractivity contribution in [2.75, 3.05) is 6.61 Å². The fraction of sp³-hybridized carbons (Fsp3) is 0.964. The summed E-state index contributed by atoms with van der Waals surface area (Å²) >= 11 is 0. The van der Waals surface area contributed by atoms with Crippen LogP contribution in [0.1, 0.15) is 135 Å². The molecular weight excluding hydrogens is 446 g/mol. The van der Waals surface area contributed by atoms with E-state index >= 15 is 0 Å². The van der Waals surface area contributed by atoms with Crippen molar-refractivity contribution in [2.45, 2.75) is 166 Å². The Hall–Kier alpha value is -0.730. The first-order chi connectivity index (χ1) is 17.0. The summed E-state index contributed by atoms with van der Waals surface area (Å²) in [7, 11) is 0. The maximum absolute atomic E-state index is 12.1. The quantitative estimate of drug-likeness (QED) is 0.137. The van der Waals surface area contributed by atoms with Crippen LogP contribution in [0.25, 0.3) is 0 Å². The highest BCUT2D eigenvalue weighted by molar-refractivity contribution is 5.76. The minimum atomic E-state index is -1.46. The van der Waals surface area contributed by atoms with Crippen LogP contribution in [-0.4, -0.2) is 63.6 Å². The zero-order chi connectivity index (χ0) is 25.7. The van der Waals surface area contributed by atoms with Gasteiger partial charge < -0.3 is 30.5 Å². The number of aliphatic hydroxyl groups is 4. The van der Waals surface area contributed by atoms with Crippen LogP contribution in [0.15, 0.2) is 0 Å². The van der Waals surface area contributed by atoms with Gasteiger partial charge in [-0.2, -0.15) is 0 Å². The molecule has 1 amide bonds. The average Bonchev–Trinajstić information content (AvgIpc) is 2.85. The Morgan fingerprint density at radius 3 is 1.46 bits per heavy atom. The van der Waals surface area contributed by atoms with Crippen molar-refractivity contribution in [3.05, 3.63) is 0 Å². The molecule has 5 N–H and O–H groups in total. The van der Waals surface area contributed by atoms with Gasteiger partial charge in [0.25, 0.3) is 0 Å². The summed E-state index contributed by atoms with van der Waals surface area (Å²) in [5.74, 6) is -0.279. The first-order valence-corrected chi connectivity index (χ1v) is 14.6. The van der Waals surface area contributed by atoms with E-state index in [1.807, 2.05) is 0 Å². The van der Waals surface area contributed by atoms with E-state index in [4.69, 9.17) is 9.84 Å². The molecule has 0 aromatic rings. The highest BCUT2D eigenvalue weighted by Crippen LogP contribution is 2.20.